The average molecular weight is 301 g/mol. The number of aliphatic carboxylic acids is 1. The van der Waals surface area contributed by atoms with Gasteiger partial charge in [-0.05, 0) is 43.5 Å². The number of anilines is 1. The van der Waals surface area contributed by atoms with E-state index in [2.05, 4.69) is 0 Å². The first-order chi connectivity index (χ1) is 9.78. The van der Waals surface area contributed by atoms with E-state index >= 15 is 0 Å². The monoisotopic (exact) mass is 301 g/mol. The molecule has 1 aliphatic rings. The minimum atomic E-state index is -4.33. The summed E-state index contributed by atoms with van der Waals surface area (Å²) < 4.78 is 37.6. The van der Waals surface area contributed by atoms with Crippen LogP contribution in [0.1, 0.15) is 31.7 Å². The number of rotatable bonds is 3. The molecule has 1 N–H and O–H groups in total. The summed E-state index contributed by atoms with van der Waals surface area (Å²) in [6.45, 7) is 2.96. The van der Waals surface area contributed by atoms with Crippen molar-refractivity contribution in [2.75, 3.05) is 18.0 Å². The molecule has 1 heterocycles. The van der Waals surface area contributed by atoms with Gasteiger partial charge >= 0.3 is 12.1 Å². The van der Waals surface area contributed by atoms with Crippen LogP contribution in [0.15, 0.2) is 24.3 Å². The van der Waals surface area contributed by atoms with E-state index in [1.807, 2.05) is 11.8 Å². The molecule has 0 amide bonds. The summed E-state index contributed by atoms with van der Waals surface area (Å²) in [7, 11) is 0. The highest BCUT2D eigenvalue weighted by Crippen LogP contribution is 2.37. The zero-order valence-electron chi connectivity index (χ0n) is 11.8. The van der Waals surface area contributed by atoms with E-state index in [0.717, 1.165) is 12.1 Å². The van der Waals surface area contributed by atoms with Gasteiger partial charge in [0, 0.05) is 18.8 Å². The molecule has 1 fully saturated rings. The maximum absolute atomic E-state index is 12.5. The van der Waals surface area contributed by atoms with Crippen molar-refractivity contribution < 1.29 is 23.1 Å². The maximum atomic E-state index is 12.5. The van der Waals surface area contributed by atoms with E-state index in [9.17, 15) is 23.1 Å². The summed E-state index contributed by atoms with van der Waals surface area (Å²) in [6.07, 6.45) is -2.73. The Labute approximate surface area is 121 Å². The second-order valence-electron chi connectivity index (χ2n) is 5.47. The van der Waals surface area contributed by atoms with Crippen molar-refractivity contribution >= 4 is 11.7 Å². The van der Waals surface area contributed by atoms with Gasteiger partial charge in [0.15, 0.2) is 0 Å². The van der Waals surface area contributed by atoms with Gasteiger partial charge in [-0.2, -0.15) is 13.2 Å². The Kier molecular flexibility index (Phi) is 4.16. The quantitative estimate of drug-likeness (QED) is 0.923. The molecule has 1 aromatic carbocycles. The second kappa shape index (κ2) is 5.58. The van der Waals surface area contributed by atoms with Gasteiger partial charge < -0.3 is 10.0 Å². The van der Waals surface area contributed by atoms with Gasteiger partial charge in [-0.25, -0.2) is 0 Å². The van der Waals surface area contributed by atoms with Crippen LogP contribution in [0, 0.1) is 5.41 Å². The number of carbonyl (C=O) groups is 1. The van der Waals surface area contributed by atoms with Gasteiger partial charge in [-0.3, -0.25) is 4.79 Å². The molecule has 0 aliphatic carbocycles. The van der Waals surface area contributed by atoms with Gasteiger partial charge in [0.25, 0.3) is 0 Å². The van der Waals surface area contributed by atoms with Crippen LogP contribution in [0.2, 0.25) is 0 Å². The predicted molar refractivity (Wildman–Crippen MR) is 73.3 cm³/mol. The third-order valence-electron chi connectivity index (χ3n) is 4.41. The molecular formula is C15H18F3NO2. The number of piperidine rings is 1. The van der Waals surface area contributed by atoms with E-state index in [1.165, 1.54) is 12.1 Å². The third-order valence-corrected chi connectivity index (χ3v) is 4.41. The smallest absolute Gasteiger partial charge is 0.416 e. The number of carboxylic acid groups (broad SMARTS) is 1. The molecule has 2 rings (SSSR count). The topological polar surface area (TPSA) is 40.5 Å². The fraction of sp³-hybridized carbons (Fsp3) is 0.533. The van der Waals surface area contributed by atoms with Crippen LogP contribution in [0.3, 0.4) is 0 Å². The van der Waals surface area contributed by atoms with Gasteiger partial charge in [-0.15, -0.1) is 0 Å². The molecule has 0 spiro atoms. The molecule has 0 unspecified atom stereocenters. The summed E-state index contributed by atoms with van der Waals surface area (Å²) in [4.78, 5) is 13.3. The highest BCUT2D eigenvalue weighted by molar-refractivity contribution is 5.75. The van der Waals surface area contributed by atoms with Crippen LogP contribution in [-0.4, -0.2) is 24.2 Å². The summed E-state index contributed by atoms with van der Waals surface area (Å²) in [5.74, 6) is -0.780. The molecule has 1 aromatic rings. The number of alkyl halides is 3. The highest BCUT2D eigenvalue weighted by Gasteiger charge is 2.40. The van der Waals surface area contributed by atoms with Crippen molar-refractivity contribution in [1.82, 2.24) is 0 Å². The minimum Gasteiger partial charge on any atom is -0.481 e. The van der Waals surface area contributed by atoms with Gasteiger partial charge in [-0.1, -0.05) is 6.92 Å². The van der Waals surface area contributed by atoms with Crippen molar-refractivity contribution in [2.24, 2.45) is 5.41 Å². The molecule has 0 aromatic heterocycles. The zero-order chi connectivity index (χ0) is 15.7. The molecule has 0 saturated carbocycles. The van der Waals surface area contributed by atoms with Crippen molar-refractivity contribution in [3.63, 3.8) is 0 Å². The van der Waals surface area contributed by atoms with Crippen LogP contribution in [0.25, 0.3) is 0 Å². The van der Waals surface area contributed by atoms with Crippen LogP contribution < -0.4 is 4.90 Å². The first kappa shape index (κ1) is 15.7. The Bertz CT molecular complexity index is 503. The van der Waals surface area contributed by atoms with Crippen molar-refractivity contribution in [3.8, 4) is 0 Å². The molecule has 0 bridgehead atoms. The van der Waals surface area contributed by atoms with Gasteiger partial charge in [0.2, 0.25) is 0 Å². The van der Waals surface area contributed by atoms with Crippen LogP contribution in [0.4, 0.5) is 18.9 Å². The Morgan fingerprint density at radius 3 is 2.14 bits per heavy atom. The minimum absolute atomic E-state index is 0.514. The summed E-state index contributed by atoms with van der Waals surface area (Å²) in [6, 6.07) is 5.02. The first-order valence-corrected chi connectivity index (χ1v) is 6.94. The molecule has 0 radical (unpaired) electrons. The van der Waals surface area contributed by atoms with Crippen LogP contribution >= 0.6 is 0 Å². The summed E-state index contributed by atoms with van der Waals surface area (Å²) in [5.41, 5.74) is -0.655. The third kappa shape index (κ3) is 3.14. The lowest BCUT2D eigenvalue weighted by Crippen LogP contribution is -2.44. The van der Waals surface area contributed by atoms with Gasteiger partial charge in [0.05, 0.1) is 11.0 Å². The second-order valence-corrected chi connectivity index (χ2v) is 5.47. The number of carboxylic acids is 1. The van der Waals surface area contributed by atoms with Crippen LogP contribution in [-0.2, 0) is 11.0 Å². The molecule has 1 aliphatic heterocycles. The summed E-state index contributed by atoms with van der Waals surface area (Å²) in [5, 5.41) is 9.33. The SMILES string of the molecule is CCC1(C(=O)O)CCN(c2ccc(C(F)(F)F)cc2)CC1. The molecule has 6 heteroatoms. The van der Waals surface area contributed by atoms with Crippen LogP contribution in [0.5, 0.6) is 0 Å². The van der Waals surface area contributed by atoms with Gasteiger partial charge in [0.1, 0.15) is 0 Å². The van der Waals surface area contributed by atoms with Crippen molar-refractivity contribution in [1.29, 1.82) is 0 Å². The number of hydrogen-bond donors (Lipinski definition) is 1. The highest BCUT2D eigenvalue weighted by atomic mass is 19.4. The summed E-state index contributed by atoms with van der Waals surface area (Å²) >= 11 is 0. The van der Waals surface area contributed by atoms with Crippen molar-refractivity contribution in [3.05, 3.63) is 29.8 Å². The fourth-order valence-electron chi connectivity index (χ4n) is 2.77. The molecule has 116 valence electrons. The lowest BCUT2D eigenvalue weighted by atomic mass is 9.76. The Balaban J connectivity index is 2.07. The molecule has 3 nitrogen and oxygen atoms in total. The van der Waals surface area contributed by atoms with E-state index < -0.39 is 23.1 Å². The molecular weight excluding hydrogens is 283 g/mol. The fourth-order valence-corrected chi connectivity index (χ4v) is 2.77. The largest absolute Gasteiger partial charge is 0.481 e. The van der Waals surface area contributed by atoms with Crippen molar-refractivity contribution in [2.45, 2.75) is 32.4 Å². The molecule has 21 heavy (non-hydrogen) atoms. The van der Waals surface area contributed by atoms with E-state index in [-0.39, 0.29) is 0 Å². The Hall–Kier alpha value is -1.72. The molecule has 1 saturated heterocycles. The normalized spacial score (nSPS) is 18.6. The Morgan fingerprint density at radius 2 is 1.76 bits per heavy atom. The number of hydrogen-bond acceptors (Lipinski definition) is 2. The lowest BCUT2D eigenvalue weighted by Gasteiger charge is -2.39. The number of nitrogens with zero attached hydrogens (tertiary/aromatic N) is 1. The zero-order valence-corrected chi connectivity index (χ0v) is 11.8. The van der Waals surface area contributed by atoms with E-state index in [1.54, 1.807) is 0 Å². The first-order valence-electron chi connectivity index (χ1n) is 6.94. The average Bonchev–Trinajstić information content (AvgIpc) is 2.46. The molecule has 0 atom stereocenters. The van der Waals surface area contributed by atoms with E-state index in [4.69, 9.17) is 0 Å². The standard InChI is InChI=1S/C15H18F3NO2/c1-2-14(13(20)21)7-9-19(10-8-14)12-5-3-11(4-6-12)15(16,17)18/h3-6H,2,7-10H2,1H3,(H,20,21). The number of benzene rings is 1. The maximum Gasteiger partial charge on any atom is 0.416 e. The number of halogens is 3. The van der Waals surface area contributed by atoms with E-state index in [0.29, 0.717) is 38.0 Å². The predicted octanol–water partition coefficient (Wildman–Crippen LogP) is 3.79. The lowest BCUT2D eigenvalue weighted by molar-refractivity contribution is -0.150. The Morgan fingerprint density at radius 1 is 1.24 bits per heavy atom.